The number of carbonyl (C=O) groups is 1. The van der Waals surface area contributed by atoms with Gasteiger partial charge >= 0.3 is 0 Å². The van der Waals surface area contributed by atoms with Gasteiger partial charge in [0.15, 0.2) is 16.7 Å². The van der Waals surface area contributed by atoms with Crippen LogP contribution < -0.4 is 10.2 Å². The predicted molar refractivity (Wildman–Crippen MR) is 118 cm³/mol. The number of hydrogen-bond acceptors (Lipinski definition) is 7. The lowest BCUT2D eigenvalue weighted by molar-refractivity contribution is -0.120. The molecule has 0 saturated carbocycles. The van der Waals surface area contributed by atoms with Crippen molar-refractivity contribution < 1.29 is 9.21 Å². The van der Waals surface area contributed by atoms with Crippen molar-refractivity contribution >= 4 is 38.4 Å². The zero-order valence-corrected chi connectivity index (χ0v) is 17.4. The van der Waals surface area contributed by atoms with Gasteiger partial charge in [-0.3, -0.25) is 4.79 Å². The molecule has 1 unspecified atom stereocenters. The van der Waals surface area contributed by atoms with Crippen molar-refractivity contribution in [2.75, 3.05) is 23.3 Å². The molecule has 4 heterocycles. The van der Waals surface area contributed by atoms with Crippen molar-refractivity contribution in [3.8, 4) is 11.5 Å². The minimum atomic E-state index is -0.112. The summed E-state index contributed by atoms with van der Waals surface area (Å²) in [6.45, 7) is 3.53. The molecular weight excluding hydrogens is 398 g/mol. The number of carbonyl (C=O) groups excluding carboxylic acids is 1. The number of nitrogens with one attached hydrogen (secondary N) is 1. The van der Waals surface area contributed by atoms with Crippen molar-refractivity contribution in [1.82, 2.24) is 15.2 Å². The number of hydrogen-bond donors (Lipinski definition) is 1. The summed E-state index contributed by atoms with van der Waals surface area (Å²) in [4.78, 5) is 19.5. The van der Waals surface area contributed by atoms with Crippen LogP contribution in [0.25, 0.3) is 21.7 Å². The van der Waals surface area contributed by atoms with Crippen LogP contribution in [-0.4, -0.2) is 34.2 Å². The van der Waals surface area contributed by atoms with E-state index in [1.165, 1.54) is 16.9 Å². The average Bonchev–Trinajstić information content (AvgIpc) is 3.43. The maximum absolute atomic E-state index is 12.9. The van der Waals surface area contributed by atoms with E-state index in [2.05, 4.69) is 38.4 Å². The predicted octanol–water partition coefficient (Wildman–Crippen LogP) is 4.51. The van der Waals surface area contributed by atoms with Gasteiger partial charge in [0.25, 0.3) is 0 Å². The van der Waals surface area contributed by atoms with Gasteiger partial charge in [0.1, 0.15) is 5.69 Å². The second kappa shape index (κ2) is 7.87. The number of rotatable bonds is 4. The van der Waals surface area contributed by atoms with Gasteiger partial charge in [-0.05, 0) is 61.7 Å². The summed E-state index contributed by atoms with van der Waals surface area (Å²) in [6.07, 6.45) is 3.40. The van der Waals surface area contributed by atoms with Crippen LogP contribution >= 0.6 is 11.3 Å². The molecule has 152 valence electrons. The summed E-state index contributed by atoms with van der Waals surface area (Å²) < 4.78 is 6.45. The summed E-state index contributed by atoms with van der Waals surface area (Å²) in [6, 6.07) is 13.6. The molecular formula is C22H21N5O2S. The molecule has 1 amide bonds. The third-order valence-corrected chi connectivity index (χ3v) is 6.25. The molecule has 0 spiro atoms. The molecule has 0 radical (unpaired) electrons. The standard InChI is InChI=1S/C22H21N5O2S/c1-14-6-7-17-19(12-14)30-22(23-17)24-21(28)15-4-2-10-27(13-15)20-9-8-16(25-26-20)18-5-3-11-29-18/h3,5-9,11-12,15H,2,4,10,13H2,1H3,(H,23,24,28). The van der Waals surface area contributed by atoms with E-state index in [0.717, 1.165) is 35.4 Å². The quantitative estimate of drug-likeness (QED) is 0.524. The fourth-order valence-electron chi connectivity index (χ4n) is 3.74. The Kier molecular flexibility index (Phi) is 4.92. The van der Waals surface area contributed by atoms with Crippen LogP contribution in [0.3, 0.4) is 0 Å². The highest BCUT2D eigenvalue weighted by molar-refractivity contribution is 7.22. The molecule has 1 atom stereocenters. The van der Waals surface area contributed by atoms with Crippen molar-refractivity contribution in [3.05, 3.63) is 54.3 Å². The Hall–Kier alpha value is -3.26. The zero-order chi connectivity index (χ0) is 20.5. The lowest BCUT2D eigenvalue weighted by Gasteiger charge is -2.32. The number of nitrogens with zero attached hydrogens (tertiary/aromatic N) is 4. The molecule has 5 rings (SSSR count). The molecule has 3 aromatic heterocycles. The lowest BCUT2D eigenvalue weighted by Crippen LogP contribution is -2.41. The number of furan rings is 1. The van der Waals surface area contributed by atoms with Crippen LogP contribution in [0.2, 0.25) is 0 Å². The van der Waals surface area contributed by atoms with Crippen molar-refractivity contribution in [2.45, 2.75) is 19.8 Å². The summed E-state index contributed by atoms with van der Waals surface area (Å²) >= 11 is 1.51. The lowest BCUT2D eigenvalue weighted by atomic mass is 9.97. The van der Waals surface area contributed by atoms with E-state index in [9.17, 15) is 4.79 Å². The second-order valence-electron chi connectivity index (χ2n) is 7.52. The van der Waals surface area contributed by atoms with Crippen molar-refractivity contribution in [1.29, 1.82) is 0 Å². The number of piperidine rings is 1. The number of aromatic nitrogens is 3. The monoisotopic (exact) mass is 419 g/mol. The van der Waals surface area contributed by atoms with E-state index in [1.54, 1.807) is 6.26 Å². The first kappa shape index (κ1) is 18.7. The Bertz CT molecular complexity index is 1170. The fourth-order valence-corrected chi connectivity index (χ4v) is 4.71. The SMILES string of the molecule is Cc1ccc2nc(NC(=O)C3CCCN(c4ccc(-c5ccco5)nn4)C3)sc2c1. The second-order valence-corrected chi connectivity index (χ2v) is 8.55. The third-order valence-electron chi connectivity index (χ3n) is 5.31. The highest BCUT2D eigenvalue weighted by Crippen LogP contribution is 2.28. The minimum Gasteiger partial charge on any atom is -0.463 e. The Balaban J connectivity index is 1.26. The third kappa shape index (κ3) is 3.78. The number of thiazole rings is 1. The largest absolute Gasteiger partial charge is 0.463 e. The van der Waals surface area contributed by atoms with Gasteiger partial charge in [0.05, 0.1) is 22.4 Å². The van der Waals surface area contributed by atoms with Gasteiger partial charge in [-0.15, -0.1) is 10.2 Å². The van der Waals surface area contributed by atoms with E-state index in [1.807, 2.05) is 36.4 Å². The normalized spacial score (nSPS) is 16.7. The molecule has 1 saturated heterocycles. The first-order valence-electron chi connectivity index (χ1n) is 9.96. The fraction of sp³-hybridized carbons (Fsp3) is 0.273. The number of benzene rings is 1. The Morgan fingerprint density at radius 1 is 1.23 bits per heavy atom. The van der Waals surface area contributed by atoms with Crippen LogP contribution in [0.5, 0.6) is 0 Å². The maximum Gasteiger partial charge on any atom is 0.231 e. The van der Waals surface area contributed by atoms with Crippen LogP contribution in [0.1, 0.15) is 18.4 Å². The summed E-state index contributed by atoms with van der Waals surface area (Å²) in [5, 5.41) is 12.3. The Labute approximate surface area is 177 Å². The topological polar surface area (TPSA) is 84.2 Å². The smallest absolute Gasteiger partial charge is 0.231 e. The molecule has 1 aliphatic heterocycles. The Morgan fingerprint density at radius 2 is 2.17 bits per heavy atom. The number of aryl methyl sites for hydroxylation is 1. The van der Waals surface area contributed by atoms with Gasteiger partial charge < -0.3 is 14.6 Å². The molecule has 1 aromatic carbocycles. The summed E-state index contributed by atoms with van der Waals surface area (Å²) in [5.74, 6) is 1.36. The van der Waals surface area contributed by atoms with Crippen molar-refractivity contribution in [2.24, 2.45) is 5.92 Å². The van der Waals surface area contributed by atoms with Crippen LogP contribution in [0.4, 0.5) is 10.9 Å². The molecule has 1 aliphatic rings. The van der Waals surface area contributed by atoms with E-state index in [4.69, 9.17) is 4.42 Å². The van der Waals surface area contributed by atoms with Crippen LogP contribution in [-0.2, 0) is 4.79 Å². The first-order chi connectivity index (χ1) is 14.7. The van der Waals surface area contributed by atoms with Gasteiger partial charge in [-0.2, -0.15) is 0 Å². The summed E-state index contributed by atoms with van der Waals surface area (Å²) in [7, 11) is 0. The van der Waals surface area contributed by atoms with Gasteiger partial charge in [0.2, 0.25) is 5.91 Å². The molecule has 0 bridgehead atoms. The average molecular weight is 420 g/mol. The molecule has 7 nitrogen and oxygen atoms in total. The van der Waals surface area contributed by atoms with Gasteiger partial charge in [0, 0.05) is 13.1 Å². The number of anilines is 2. The van der Waals surface area contributed by atoms with Crippen molar-refractivity contribution in [3.63, 3.8) is 0 Å². The van der Waals surface area contributed by atoms with E-state index < -0.39 is 0 Å². The van der Waals surface area contributed by atoms with E-state index in [-0.39, 0.29) is 11.8 Å². The number of fused-ring (bicyclic) bond motifs is 1. The molecule has 1 N–H and O–H groups in total. The first-order valence-corrected chi connectivity index (χ1v) is 10.8. The molecule has 4 aromatic rings. The van der Waals surface area contributed by atoms with E-state index >= 15 is 0 Å². The Morgan fingerprint density at radius 3 is 2.97 bits per heavy atom. The molecule has 30 heavy (non-hydrogen) atoms. The minimum absolute atomic E-state index is 0.00985. The maximum atomic E-state index is 12.9. The summed E-state index contributed by atoms with van der Waals surface area (Å²) in [5.41, 5.74) is 2.80. The van der Waals surface area contributed by atoms with E-state index in [0.29, 0.717) is 23.1 Å². The van der Waals surface area contributed by atoms with Gasteiger partial charge in [-0.25, -0.2) is 4.98 Å². The molecule has 8 heteroatoms. The highest BCUT2D eigenvalue weighted by atomic mass is 32.1. The highest BCUT2D eigenvalue weighted by Gasteiger charge is 2.27. The van der Waals surface area contributed by atoms with Gasteiger partial charge in [-0.1, -0.05) is 17.4 Å². The van der Waals surface area contributed by atoms with Crippen LogP contribution in [0.15, 0.2) is 53.1 Å². The molecule has 1 fully saturated rings. The van der Waals surface area contributed by atoms with Crippen LogP contribution in [0, 0.1) is 12.8 Å². The number of amides is 1. The zero-order valence-electron chi connectivity index (χ0n) is 16.5. The molecule has 0 aliphatic carbocycles.